The number of nitrogens with one attached hydrogen (secondary N) is 1. The van der Waals surface area contributed by atoms with E-state index in [-0.39, 0.29) is 124 Å². The normalized spacial score (nSPS) is 33.5. The van der Waals surface area contributed by atoms with Gasteiger partial charge >= 0.3 is 17.9 Å². The van der Waals surface area contributed by atoms with Gasteiger partial charge in [0.1, 0.15) is 23.9 Å². The number of benzene rings is 2. The molecule has 302 valence electrons. The van der Waals surface area contributed by atoms with Crippen LogP contribution in [0.3, 0.4) is 0 Å². The number of carboxylic acid groups (broad SMARTS) is 1. The number of aliphatic hydroxyl groups excluding tert-OH is 2. The van der Waals surface area contributed by atoms with Crippen LogP contribution in [0.4, 0.5) is 0 Å². The molecule has 6 rings (SSSR count). The Balaban J connectivity index is 0.00000360. The second-order valence-corrected chi connectivity index (χ2v) is 16.2. The number of carbonyl (C=O) groups excluding carboxylic acids is 4. The molecule has 10 unspecified atom stereocenters. The largest absolute Gasteiger partial charge is 0.481 e. The molecule has 2 aromatic rings. The summed E-state index contributed by atoms with van der Waals surface area (Å²) >= 11 is 0. The van der Waals surface area contributed by atoms with Crippen LogP contribution in [-0.2, 0) is 33.4 Å². The van der Waals surface area contributed by atoms with E-state index in [0.29, 0.717) is 5.56 Å². The molecule has 1 saturated heterocycles. The minimum absolute atomic E-state index is 0. The Hall–Kier alpha value is -1.59. The van der Waals surface area contributed by atoms with Crippen LogP contribution in [0.2, 0.25) is 0 Å². The summed E-state index contributed by atoms with van der Waals surface area (Å²) in [5.41, 5.74) is -5.64. The molecule has 1 amide bonds. The number of aliphatic carboxylic acids is 1. The van der Waals surface area contributed by atoms with Crippen LogP contribution in [0.5, 0.6) is 0 Å². The molecule has 6 N–H and O–H groups in total. The van der Waals surface area contributed by atoms with Gasteiger partial charge in [0.2, 0.25) is 6.10 Å². The predicted molar refractivity (Wildman–Crippen MR) is 193 cm³/mol. The summed E-state index contributed by atoms with van der Waals surface area (Å²) in [6.45, 7) is 7.88. The van der Waals surface area contributed by atoms with E-state index in [1.54, 1.807) is 88.4 Å². The van der Waals surface area contributed by atoms with Crippen LogP contribution in [0.25, 0.3) is 0 Å². The molecule has 1 aliphatic heterocycles. The third kappa shape index (κ3) is 8.40. The molecule has 1 heterocycles. The Morgan fingerprint density at radius 2 is 1.54 bits per heavy atom. The Bertz CT molecular complexity index is 1890. The fraction of sp³-hybridized carbons (Fsp3) is 0.537. The number of carbonyl (C=O) groups is 5. The molecule has 4 aliphatic rings. The minimum Gasteiger partial charge on any atom is -0.481 e. The maximum Gasteiger partial charge on any atom is 0.350 e. The maximum absolute atomic E-state index is 14.5. The summed E-state index contributed by atoms with van der Waals surface area (Å²) in [4.78, 5) is 66.9. The number of aliphatic hydroxyl groups is 4. The number of amides is 1. The molecule has 2 radical (unpaired) electrons. The number of esters is 2. The van der Waals surface area contributed by atoms with E-state index in [9.17, 15) is 49.5 Å². The van der Waals surface area contributed by atoms with Crippen molar-refractivity contribution in [1.29, 1.82) is 0 Å². The van der Waals surface area contributed by atoms with Crippen molar-refractivity contribution in [3.8, 4) is 0 Å². The second kappa shape index (κ2) is 18.2. The molecule has 2 saturated carbocycles. The molecule has 11 atom stereocenters. The third-order valence-corrected chi connectivity index (χ3v) is 12.9. The molecule has 14 nitrogen and oxygen atoms in total. The van der Waals surface area contributed by atoms with Crippen LogP contribution in [0, 0.1) is 111 Å². The van der Waals surface area contributed by atoms with E-state index >= 15 is 0 Å². The predicted octanol–water partition coefficient (Wildman–Crippen LogP) is 2.42. The topological polar surface area (TPSA) is 226 Å². The quantitative estimate of drug-likeness (QED) is 0.149. The molecule has 2 bridgehead atoms. The smallest absolute Gasteiger partial charge is 0.350 e. The molecule has 2 aromatic carbocycles. The van der Waals surface area contributed by atoms with Gasteiger partial charge in [0, 0.05) is 118 Å². The first-order chi connectivity index (χ1) is 25.8. The fourth-order valence-electron chi connectivity index (χ4n) is 9.79. The number of fused-ring (bicyclic) bond motifs is 5. The van der Waals surface area contributed by atoms with Crippen molar-refractivity contribution in [3.05, 3.63) is 82.9 Å². The van der Waals surface area contributed by atoms with Crippen molar-refractivity contribution in [2.45, 2.75) is 108 Å². The number of hydrogen-bond acceptors (Lipinski definition) is 12. The van der Waals surface area contributed by atoms with Crippen LogP contribution in [0.1, 0.15) is 82.3 Å². The monoisotopic (exact) mass is 1220 g/mol. The number of ketones is 1. The number of hydrogen-bond donors (Lipinski definition) is 6. The molecule has 3 fully saturated rings. The van der Waals surface area contributed by atoms with Crippen molar-refractivity contribution in [2.24, 2.45) is 22.7 Å². The molecular formula is C41H49Ac2NO13. The minimum atomic E-state index is -1.89. The Morgan fingerprint density at radius 3 is 2.11 bits per heavy atom. The standard InChI is InChI=1S/C41H49NO13.2Ac/c1-21-25(19-41(52)22(2)34-39(5,26(43)18-27-40(34,51)20-53-27)35(48)32(47)30(21)38(41,3)4)54-37(50)33(55-29(46)17-16-28(44)45)31(23-12-8-6-9-13-23)42-36(49)24-14-10-7-11-15-24;;/h6-15,22,25-27,31-34,43,47,51-52H,16-20H2,1-5H3,(H,42,49)(H,44,45);;/t22?,25?,26?,27?,31?,32?,33?,34?,39-,40?,41?;;/m1../s1. The zero-order chi connectivity index (χ0) is 40.2. The van der Waals surface area contributed by atoms with Crippen LogP contribution in [-0.4, -0.2) is 103 Å². The summed E-state index contributed by atoms with van der Waals surface area (Å²) < 4.78 is 17.4. The summed E-state index contributed by atoms with van der Waals surface area (Å²) in [5, 5.41) is 60.3. The van der Waals surface area contributed by atoms with Gasteiger partial charge in [-0.3, -0.25) is 19.2 Å². The zero-order valence-electron chi connectivity index (χ0n) is 32.6. The van der Waals surface area contributed by atoms with Crippen LogP contribution in [0.15, 0.2) is 71.8 Å². The average Bonchev–Trinajstić information content (AvgIpc) is 3.15. The second-order valence-electron chi connectivity index (χ2n) is 16.2. The van der Waals surface area contributed by atoms with Crippen molar-refractivity contribution in [3.63, 3.8) is 0 Å². The van der Waals surface area contributed by atoms with E-state index in [2.05, 4.69) is 5.32 Å². The van der Waals surface area contributed by atoms with Crippen molar-refractivity contribution in [1.82, 2.24) is 5.32 Å². The Morgan fingerprint density at radius 1 is 0.947 bits per heavy atom. The SMILES string of the molecule is CC1=C2C(O)C(=O)[C@]3(C)C(O)CC4OCC4(O)C3C(C)C(O)(CC1OC(=O)C(OC(=O)CCC(=O)O)C(NC(=O)c1ccccc1)c1ccccc1)C2(C)C.[Ac].[Ac]. The third-order valence-electron chi connectivity index (χ3n) is 12.9. The number of Topliss-reactive ketones (excluding diaryl/α,β-unsaturated/α-hetero) is 1. The fourth-order valence-corrected chi connectivity index (χ4v) is 9.79. The van der Waals surface area contributed by atoms with Crippen molar-refractivity contribution >= 4 is 29.6 Å². The Labute approximate surface area is 402 Å². The summed E-state index contributed by atoms with van der Waals surface area (Å²) in [5.74, 6) is -6.92. The van der Waals surface area contributed by atoms with Gasteiger partial charge in [-0.15, -0.1) is 0 Å². The van der Waals surface area contributed by atoms with E-state index in [1.807, 2.05) is 0 Å². The molecule has 0 spiro atoms. The van der Waals surface area contributed by atoms with Gasteiger partial charge in [0.25, 0.3) is 5.91 Å². The molecule has 16 heteroatoms. The van der Waals surface area contributed by atoms with E-state index in [1.165, 1.54) is 6.92 Å². The van der Waals surface area contributed by atoms with Crippen LogP contribution >= 0.6 is 0 Å². The van der Waals surface area contributed by atoms with Crippen LogP contribution < -0.4 is 5.32 Å². The number of rotatable bonds is 10. The number of carboxylic acids is 1. The zero-order valence-corrected chi connectivity index (χ0v) is 42.1. The first kappa shape index (κ1) is 48.1. The van der Waals surface area contributed by atoms with Gasteiger partial charge in [-0.2, -0.15) is 0 Å². The summed E-state index contributed by atoms with van der Waals surface area (Å²) in [6, 6.07) is 14.9. The van der Waals surface area contributed by atoms with Gasteiger partial charge in [0.15, 0.2) is 5.78 Å². The van der Waals surface area contributed by atoms with Crippen molar-refractivity contribution in [2.75, 3.05) is 6.61 Å². The van der Waals surface area contributed by atoms with Gasteiger partial charge in [0.05, 0.1) is 42.7 Å². The summed E-state index contributed by atoms with van der Waals surface area (Å²) in [7, 11) is 0. The molecule has 0 aromatic heterocycles. The van der Waals surface area contributed by atoms with Gasteiger partial charge < -0.3 is 45.1 Å². The van der Waals surface area contributed by atoms with Crippen molar-refractivity contribution < 1.29 is 152 Å². The molecule has 57 heavy (non-hydrogen) atoms. The average molecular weight is 1220 g/mol. The van der Waals surface area contributed by atoms with Gasteiger partial charge in [-0.1, -0.05) is 69.3 Å². The van der Waals surface area contributed by atoms with Gasteiger partial charge in [-0.05, 0) is 48.6 Å². The number of ether oxygens (including phenoxy) is 3. The first-order valence-electron chi connectivity index (χ1n) is 18.5. The van der Waals surface area contributed by atoms with E-state index in [4.69, 9.17) is 14.2 Å². The van der Waals surface area contributed by atoms with Gasteiger partial charge in [-0.25, -0.2) is 4.79 Å². The first-order valence-corrected chi connectivity index (χ1v) is 18.5. The Kier molecular flexibility index (Phi) is 15.3. The maximum atomic E-state index is 14.5. The molecular weight excluding hydrogens is 1170 g/mol. The summed E-state index contributed by atoms with van der Waals surface area (Å²) in [6.07, 6.45) is -8.75. The molecule has 3 aliphatic carbocycles. The van der Waals surface area contributed by atoms with E-state index in [0.717, 1.165) is 0 Å². The van der Waals surface area contributed by atoms with E-state index < -0.39 is 113 Å².